The molecule has 2 nitrogen and oxygen atoms in total. The van der Waals surface area contributed by atoms with E-state index in [-0.39, 0.29) is 0 Å². The van der Waals surface area contributed by atoms with Crippen molar-refractivity contribution in [1.82, 2.24) is 9.80 Å². The van der Waals surface area contributed by atoms with E-state index in [9.17, 15) is 0 Å². The van der Waals surface area contributed by atoms with Crippen molar-refractivity contribution in [3.05, 3.63) is 0 Å². The first-order chi connectivity index (χ1) is 9.14. The molecule has 0 radical (unpaired) electrons. The second-order valence-electron chi connectivity index (χ2n) is 7.59. The fraction of sp³-hybridized carbons (Fsp3) is 1.00. The molecule has 3 rings (SSSR count). The average Bonchev–Trinajstić information content (AvgIpc) is 3.13. The largest absolute Gasteiger partial charge is 0.301 e. The molecular weight excluding hydrogens is 232 g/mol. The van der Waals surface area contributed by atoms with Crippen LogP contribution in [0.15, 0.2) is 0 Å². The summed E-state index contributed by atoms with van der Waals surface area (Å²) in [4.78, 5) is 5.55. The maximum atomic E-state index is 2.83. The molecule has 1 spiro atoms. The molecule has 0 aromatic heterocycles. The monoisotopic (exact) mass is 264 g/mol. The minimum absolute atomic E-state index is 0.741. The summed E-state index contributed by atoms with van der Waals surface area (Å²) < 4.78 is 0. The highest BCUT2D eigenvalue weighted by Gasteiger charge is 2.57. The minimum Gasteiger partial charge on any atom is -0.301 e. The molecule has 2 atom stereocenters. The van der Waals surface area contributed by atoms with Crippen molar-refractivity contribution in [2.45, 2.75) is 71.4 Å². The third-order valence-corrected chi connectivity index (χ3v) is 6.41. The van der Waals surface area contributed by atoms with E-state index in [0.717, 1.165) is 23.4 Å². The maximum Gasteiger partial charge on any atom is 0.0159 e. The van der Waals surface area contributed by atoms with Crippen LogP contribution >= 0.6 is 0 Å². The van der Waals surface area contributed by atoms with E-state index in [0.29, 0.717) is 0 Å². The molecule has 2 aliphatic heterocycles. The first-order valence-electron chi connectivity index (χ1n) is 8.63. The lowest BCUT2D eigenvalue weighted by molar-refractivity contribution is 0.0970. The third kappa shape index (κ3) is 2.71. The molecule has 2 unspecified atom stereocenters. The highest BCUT2D eigenvalue weighted by Crippen LogP contribution is 2.57. The van der Waals surface area contributed by atoms with Crippen LogP contribution in [0.3, 0.4) is 0 Å². The summed E-state index contributed by atoms with van der Waals surface area (Å²) in [5, 5.41) is 0. The van der Waals surface area contributed by atoms with Gasteiger partial charge in [-0.2, -0.15) is 0 Å². The molecule has 0 amide bonds. The van der Waals surface area contributed by atoms with E-state index in [2.05, 4.69) is 30.6 Å². The van der Waals surface area contributed by atoms with Gasteiger partial charge < -0.3 is 4.90 Å². The van der Waals surface area contributed by atoms with Gasteiger partial charge in [-0.25, -0.2) is 0 Å². The topological polar surface area (TPSA) is 6.48 Å². The van der Waals surface area contributed by atoms with Crippen LogP contribution in [-0.4, -0.2) is 48.1 Å². The Bertz CT molecular complexity index is 298. The Morgan fingerprint density at radius 3 is 2.32 bits per heavy atom. The molecular formula is C17H32N2. The van der Waals surface area contributed by atoms with Gasteiger partial charge in [0.25, 0.3) is 0 Å². The quantitative estimate of drug-likeness (QED) is 0.771. The summed E-state index contributed by atoms with van der Waals surface area (Å²) in [6, 6.07) is 1.75. The molecule has 0 bridgehead atoms. The standard InChI is InChI=1S/C17H32N2/c1-4-15(3)18-11-7-17(8-12-18)13-16(17)19-9-5-14(2)6-10-19/h14-16H,4-13H2,1-3H3. The van der Waals surface area contributed by atoms with E-state index in [4.69, 9.17) is 0 Å². The number of likely N-dealkylation sites (tertiary alicyclic amines) is 2. The lowest BCUT2D eigenvalue weighted by Gasteiger charge is -2.39. The first-order valence-corrected chi connectivity index (χ1v) is 8.63. The van der Waals surface area contributed by atoms with Gasteiger partial charge in [-0.05, 0) is 83.0 Å². The Morgan fingerprint density at radius 1 is 1.11 bits per heavy atom. The van der Waals surface area contributed by atoms with Crippen molar-refractivity contribution in [2.75, 3.05) is 26.2 Å². The van der Waals surface area contributed by atoms with E-state index in [1.165, 1.54) is 64.7 Å². The lowest BCUT2D eigenvalue weighted by Crippen LogP contribution is -2.43. The summed E-state index contributed by atoms with van der Waals surface area (Å²) in [5.41, 5.74) is 0.741. The highest BCUT2D eigenvalue weighted by atomic mass is 15.2. The van der Waals surface area contributed by atoms with Gasteiger partial charge >= 0.3 is 0 Å². The Morgan fingerprint density at radius 2 is 1.74 bits per heavy atom. The fourth-order valence-corrected chi connectivity index (χ4v) is 4.39. The Kier molecular flexibility index (Phi) is 3.92. The van der Waals surface area contributed by atoms with Crippen molar-refractivity contribution in [2.24, 2.45) is 11.3 Å². The van der Waals surface area contributed by atoms with Gasteiger partial charge in [-0.1, -0.05) is 13.8 Å². The maximum absolute atomic E-state index is 2.83. The third-order valence-electron chi connectivity index (χ3n) is 6.41. The number of rotatable bonds is 3. The average molecular weight is 264 g/mol. The van der Waals surface area contributed by atoms with E-state index >= 15 is 0 Å². The van der Waals surface area contributed by atoms with Crippen molar-refractivity contribution in [1.29, 1.82) is 0 Å². The number of hydrogen-bond acceptors (Lipinski definition) is 2. The molecule has 110 valence electrons. The zero-order valence-electron chi connectivity index (χ0n) is 13.2. The van der Waals surface area contributed by atoms with Gasteiger partial charge in [0.2, 0.25) is 0 Å². The SMILES string of the molecule is CCC(C)N1CCC2(CC1)CC2N1CCC(C)CC1. The van der Waals surface area contributed by atoms with Crippen LogP contribution in [0.4, 0.5) is 0 Å². The van der Waals surface area contributed by atoms with E-state index in [1.54, 1.807) is 0 Å². The first kappa shape index (κ1) is 13.9. The molecule has 19 heavy (non-hydrogen) atoms. The van der Waals surface area contributed by atoms with Crippen LogP contribution in [0.1, 0.15) is 59.3 Å². The zero-order valence-corrected chi connectivity index (χ0v) is 13.2. The normalized spacial score (nSPS) is 34.6. The zero-order chi connectivity index (χ0) is 13.5. The smallest absolute Gasteiger partial charge is 0.0159 e. The summed E-state index contributed by atoms with van der Waals surface area (Å²) in [7, 11) is 0. The molecule has 2 heteroatoms. The number of hydrogen-bond donors (Lipinski definition) is 0. The highest BCUT2D eigenvalue weighted by molar-refractivity contribution is 5.11. The van der Waals surface area contributed by atoms with Crippen molar-refractivity contribution >= 4 is 0 Å². The lowest BCUT2D eigenvalue weighted by atomic mass is 9.90. The molecule has 0 aromatic carbocycles. The molecule has 3 fully saturated rings. The Hall–Kier alpha value is -0.0800. The van der Waals surface area contributed by atoms with Crippen LogP contribution in [0.25, 0.3) is 0 Å². The summed E-state index contributed by atoms with van der Waals surface area (Å²) >= 11 is 0. The van der Waals surface area contributed by atoms with Gasteiger partial charge in [0.1, 0.15) is 0 Å². The molecule has 2 heterocycles. The van der Waals surface area contributed by atoms with Crippen molar-refractivity contribution in [3.63, 3.8) is 0 Å². The van der Waals surface area contributed by atoms with Gasteiger partial charge in [0.05, 0.1) is 0 Å². The second-order valence-corrected chi connectivity index (χ2v) is 7.59. The number of piperidine rings is 2. The molecule has 1 aliphatic carbocycles. The molecule has 1 saturated carbocycles. The Labute approximate surface area is 119 Å². The van der Waals surface area contributed by atoms with Crippen LogP contribution < -0.4 is 0 Å². The Balaban J connectivity index is 1.50. The molecule has 0 aromatic rings. The van der Waals surface area contributed by atoms with Gasteiger partial charge in [-0.3, -0.25) is 4.90 Å². The van der Waals surface area contributed by atoms with Crippen LogP contribution in [0, 0.1) is 11.3 Å². The fourth-order valence-electron chi connectivity index (χ4n) is 4.39. The van der Waals surface area contributed by atoms with Crippen LogP contribution in [-0.2, 0) is 0 Å². The minimum atomic E-state index is 0.741. The van der Waals surface area contributed by atoms with Crippen LogP contribution in [0.2, 0.25) is 0 Å². The molecule has 3 aliphatic rings. The van der Waals surface area contributed by atoms with Crippen molar-refractivity contribution < 1.29 is 0 Å². The van der Waals surface area contributed by atoms with E-state index in [1.807, 2.05) is 0 Å². The predicted octanol–water partition coefficient (Wildman–Crippen LogP) is 3.37. The predicted molar refractivity (Wildman–Crippen MR) is 81.4 cm³/mol. The molecule has 2 saturated heterocycles. The van der Waals surface area contributed by atoms with Gasteiger partial charge in [0, 0.05) is 12.1 Å². The molecule has 0 N–H and O–H groups in total. The summed E-state index contributed by atoms with van der Waals surface area (Å²) in [5.74, 6) is 0.971. The van der Waals surface area contributed by atoms with Gasteiger partial charge in [-0.15, -0.1) is 0 Å². The van der Waals surface area contributed by atoms with E-state index < -0.39 is 0 Å². The summed E-state index contributed by atoms with van der Waals surface area (Å²) in [6.07, 6.45) is 8.62. The number of nitrogens with zero attached hydrogens (tertiary/aromatic N) is 2. The van der Waals surface area contributed by atoms with Crippen LogP contribution in [0.5, 0.6) is 0 Å². The van der Waals surface area contributed by atoms with Crippen molar-refractivity contribution in [3.8, 4) is 0 Å². The van der Waals surface area contributed by atoms with Gasteiger partial charge in [0.15, 0.2) is 0 Å². The second kappa shape index (κ2) is 5.37. The summed E-state index contributed by atoms with van der Waals surface area (Å²) in [6.45, 7) is 12.6.